The molecule has 0 aliphatic heterocycles. The Morgan fingerprint density at radius 2 is 1.83 bits per heavy atom. The Kier molecular flexibility index (Phi) is 7.85. The summed E-state index contributed by atoms with van der Waals surface area (Å²) >= 11 is 1.31. The van der Waals surface area contributed by atoms with E-state index in [4.69, 9.17) is 4.42 Å². The van der Waals surface area contributed by atoms with Gasteiger partial charge in [0.2, 0.25) is 0 Å². The first-order chi connectivity index (χ1) is 17.3. The molecule has 0 saturated heterocycles. The quantitative estimate of drug-likeness (QED) is 0.181. The average Bonchev–Trinajstić information content (AvgIpc) is 3.53. The minimum atomic E-state index is -0.239. The number of hydrazone groups is 1. The standard InChI is InChI=1S/C28H29N5O2S/c1-20-9-15-23(16-10-20)33-26(21-11-13-22(14-12-21)28(2,3)4)31-32-27(33)36-19-25(34)30-29-17-5-7-24-8-6-18-35-24/h5-18H,19H2,1-4H3,(H,30,34)/b7-5+,29-17+. The molecule has 0 atom stereocenters. The van der Waals surface area contributed by atoms with E-state index in [0.717, 1.165) is 22.6 Å². The zero-order valence-corrected chi connectivity index (χ0v) is 21.6. The van der Waals surface area contributed by atoms with Gasteiger partial charge in [0.1, 0.15) is 5.76 Å². The first kappa shape index (κ1) is 25.2. The van der Waals surface area contributed by atoms with Crippen LogP contribution in [0.3, 0.4) is 0 Å². The number of thioether (sulfide) groups is 1. The summed E-state index contributed by atoms with van der Waals surface area (Å²) in [5.41, 5.74) is 6.90. The third kappa shape index (κ3) is 6.40. The number of carbonyl (C=O) groups excluding carboxylic acids is 1. The van der Waals surface area contributed by atoms with Crippen LogP contribution in [0.2, 0.25) is 0 Å². The molecule has 8 heteroatoms. The van der Waals surface area contributed by atoms with Crippen molar-refractivity contribution in [2.45, 2.75) is 38.3 Å². The van der Waals surface area contributed by atoms with Gasteiger partial charge in [-0.15, -0.1) is 10.2 Å². The monoisotopic (exact) mass is 499 g/mol. The molecule has 0 spiro atoms. The molecule has 0 aliphatic rings. The lowest BCUT2D eigenvalue weighted by Gasteiger charge is -2.19. The summed E-state index contributed by atoms with van der Waals surface area (Å²) < 4.78 is 7.19. The van der Waals surface area contributed by atoms with Crippen molar-refractivity contribution in [3.63, 3.8) is 0 Å². The minimum absolute atomic E-state index is 0.0641. The van der Waals surface area contributed by atoms with Crippen LogP contribution in [-0.2, 0) is 10.2 Å². The maximum Gasteiger partial charge on any atom is 0.250 e. The first-order valence-electron chi connectivity index (χ1n) is 11.6. The van der Waals surface area contributed by atoms with Crippen LogP contribution in [0.5, 0.6) is 0 Å². The third-order valence-corrected chi connectivity index (χ3v) is 6.35. The van der Waals surface area contributed by atoms with Crippen molar-refractivity contribution in [3.05, 3.63) is 89.9 Å². The summed E-state index contributed by atoms with van der Waals surface area (Å²) in [7, 11) is 0. The van der Waals surface area contributed by atoms with E-state index in [1.54, 1.807) is 24.5 Å². The highest BCUT2D eigenvalue weighted by molar-refractivity contribution is 7.99. The largest absolute Gasteiger partial charge is 0.465 e. The molecular formula is C28H29N5O2S. The van der Waals surface area contributed by atoms with Crippen LogP contribution < -0.4 is 5.43 Å². The summed E-state index contributed by atoms with van der Waals surface area (Å²) in [6.07, 6.45) is 6.54. The smallest absolute Gasteiger partial charge is 0.250 e. The number of hydrogen-bond acceptors (Lipinski definition) is 6. The molecule has 184 valence electrons. The Bertz CT molecular complexity index is 1350. The van der Waals surface area contributed by atoms with Gasteiger partial charge in [-0.05, 0) is 54.3 Å². The zero-order valence-electron chi connectivity index (χ0n) is 20.8. The molecule has 2 aromatic heterocycles. The summed E-state index contributed by atoms with van der Waals surface area (Å²) in [4.78, 5) is 12.4. The summed E-state index contributed by atoms with van der Waals surface area (Å²) in [6, 6.07) is 20.2. The van der Waals surface area contributed by atoms with E-state index in [9.17, 15) is 4.79 Å². The van der Waals surface area contributed by atoms with Crippen LogP contribution in [0.25, 0.3) is 23.2 Å². The van der Waals surface area contributed by atoms with Crippen LogP contribution in [0.15, 0.2) is 87.7 Å². The van der Waals surface area contributed by atoms with E-state index >= 15 is 0 Å². The third-order valence-electron chi connectivity index (χ3n) is 5.42. The highest BCUT2D eigenvalue weighted by Gasteiger charge is 2.19. The van der Waals surface area contributed by atoms with Crippen molar-refractivity contribution in [1.29, 1.82) is 0 Å². The number of hydrogen-bond donors (Lipinski definition) is 1. The van der Waals surface area contributed by atoms with Crippen LogP contribution in [0.1, 0.15) is 37.7 Å². The number of allylic oxidation sites excluding steroid dienone is 1. The maximum atomic E-state index is 12.4. The van der Waals surface area contributed by atoms with Gasteiger partial charge in [-0.3, -0.25) is 9.36 Å². The number of aromatic nitrogens is 3. The second kappa shape index (κ2) is 11.2. The van der Waals surface area contributed by atoms with E-state index in [1.165, 1.54) is 23.5 Å². The molecule has 0 bridgehead atoms. The summed E-state index contributed by atoms with van der Waals surface area (Å²) in [5.74, 6) is 1.34. The molecule has 2 heterocycles. The van der Waals surface area contributed by atoms with Crippen molar-refractivity contribution in [3.8, 4) is 17.1 Å². The molecule has 0 saturated carbocycles. The Morgan fingerprint density at radius 3 is 2.50 bits per heavy atom. The van der Waals surface area contributed by atoms with E-state index < -0.39 is 0 Å². The zero-order chi connectivity index (χ0) is 25.5. The molecule has 1 N–H and O–H groups in total. The first-order valence-corrected chi connectivity index (χ1v) is 12.6. The van der Waals surface area contributed by atoms with E-state index in [2.05, 4.69) is 65.8 Å². The van der Waals surface area contributed by atoms with E-state index in [0.29, 0.717) is 10.9 Å². The van der Waals surface area contributed by atoms with Crippen LogP contribution >= 0.6 is 11.8 Å². The number of nitrogens with zero attached hydrogens (tertiary/aromatic N) is 4. The number of carbonyl (C=O) groups is 1. The summed E-state index contributed by atoms with van der Waals surface area (Å²) in [6.45, 7) is 8.62. The number of aryl methyl sites for hydroxylation is 1. The predicted octanol–water partition coefficient (Wildman–Crippen LogP) is 6.04. The maximum absolute atomic E-state index is 12.4. The molecule has 0 aliphatic carbocycles. The van der Waals surface area contributed by atoms with Crippen molar-refractivity contribution >= 4 is 30.0 Å². The van der Waals surface area contributed by atoms with Gasteiger partial charge in [-0.25, -0.2) is 5.43 Å². The fraction of sp³-hybridized carbons (Fsp3) is 0.214. The van der Waals surface area contributed by atoms with Gasteiger partial charge >= 0.3 is 0 Å². The second-order valence-electron chi connectivity index (χ2n) is 9.28. The second-order valence-corrected chi connectivity index (χ2v) is 10.2. The highest BCUT2D eigenvalue weighted by atomic mass is 32.2. The molecule has 4 rings (SSSR count). The number of nitrogens with one attached hydrogen (secondary N) is 1. The van der Waals surface area contributed by atoms with Gasteiger partial charge in [-0.2, -0.15) is 5.10 Å². The van der Waals surface area contributed by atoms with Crippen LogP contribution in [0, 0.1) is 6.92 Å². The van der Waals surface area contributed by atoms with Gasteiger partial charge in [0.05, 0.1) is 12.0 Å². The molecule has 0 unspecified atom stereocenters. The molecule has 4 aromatic rings. The van der Waals surface area contributed by atoms with Crippen molar-refractivity contribution in [1.82, 2.24) is 20.2 Å². The van der Waals surface area contributed by atoms with Gasteiger partial charge in [-0.1, -0.05) is 74.5 Å². The van der Waals surface area contributed by atoms with Gasteiger partial charge in [0.25, 0.3) is 5.91 Å². The topological polar surface area (TPSA) is 85.3 Å². The molecule has 0 fully saturated rings. The lowest BCUT2D eigenvalue weighted by Crippen LogP contribution is -2.19. The van der Waals surface area contributed by atoms with Crippen molar-refractivity contribution < 1.29 is 9.21 Å². The average molecular weight is 500 g/mol. The molecule has 1 amide bonds. The molecular weight excluding hydrogens is 470 g/mol. The predicted molar refractivity (Wildman–Crippen MR) is 145 cm³/mol. The SMILES string of the molecule is Cc1ccc(-n2c(SCC(=O)N/N=C/C=C/c3ccco3)nnc2-c2ccc(C(C)(C)C)cc2)cc1. The van der Waals surface area contributed by atoms with Crippen molar-refractivity contribution in [2.24, 2.45) is 5.10 Å². The molecule has 36 heavy (non-hydrogen) atoms. The van der Waals surface area contributed by atoms with Crippen molar-refractivity contribution in [2.75, 3.05) is 5.75 Å². The Labute approximate surface area is 215 Å². The Hall–Kier alpha value is -3.91. The van der Waals surface area contributed by atoms with Gasteiger partial charge < -0.3 is 4.42 Å². The lowest BCUT2D eigenvalue weighted by atomic mass is 9.87. The highest BCUT2D eigenvalue weighted by Crippen LogP contribution is 2.30. The number of amides is 1. The molecule has 2 aromatic carbocycles. The molecule has 7 nitrogen and oxygen atoms in total. The Morgan fingerprint density at radius 1 is 1.08 bits per heavy atom. The van der Waals surface area contributed by atoms with Crippen LogP contribution in [-0.4, -0.2) is 32.6 Å². The molecule has 0 radical (unpaired) electrons. The fourth-order valence-corrected chi connectivity index (χ4v) is 4.18. The van der Waals surface area contributed by atoms with E-state index in [-0.39, 0.29) is 17.1 Å². The van der Waals surface area contributed by atoms with Gasteiger partial charge in [0.15, 0.2) is 11.0 Å². The number of benzene rings is 2. The van der Waals surface area contributed by atoms with E-state index in [1.807, 2.05) is 41.8 Å². The number of rotatable bonds is 8. The lowest BCUT2D eigenvalue weighted by molar-refractivity contribution is -0.118. The Balaban J connectivity index is 1.50. The van der Waals surface area contributed by atoms with Gasteiger partial charge in [0, 0.05) is 17.5 Å². The minimum Gasteiger partial charge on any atom is -0.465 e. The normalized spacial score (nSPS) is 12.0. The fourth-order valence-electron chi connectivity index (χ4n) is 3.43. The summed E-state index contributed by atoms with van der Waals surface area (Å²) in [5, 5.41) is 13.5. The van der Waals surface area contributed by atoms with Crippen LogP contribution in [0.4, 0.5) is 0 Å². The number of furan rings is 1.